The van der Waals surface area contributed by atoms with Gasteiger partial charge in [0.25, 0.3) is 0 Å². The van der Waals surface area contributed by atoms with Gasteiger partial charge in [-0.25, -0.2) is 0 Å². The first kappa shape index (κ1) is 21.5. The average Bonchev–Trinajstić information content (AvgIpc) is 2.78. The van der Waals surface area contributed by atoms with E-state index in [0.717, 1.165) is 12.1 Å². The Labute approximate surface area is 192 Å². The SMILES string of the molecule is O=C1C[C@@H](c2ccc(O)c(O)c2)c2c(cc(O)c3c2O[C@H](c2cc(O)c(O)c(O)c2)[C@H](O)C3)O1. The fraction of sp³-hybridized carbons (Fsp3) is 0.208. The number of carbonyl (C=O) groups excluding carboxylic acids is 1. The Kier molecular flexibility index (Phi) is 4.83. The molecule has 5 rings (SSSR count). The number of ether oxygens (including phenoxy) is 2. The van der Waals surface area contributed by atoms with Crippen LogP contribution in [0, 0.1) is 0 Å². The van der Waals surface area contributed by atoms with Crippen LogP contribution >= 0.6 is 0 Å². The van der Waals surface area contributed by atoms with Crippen LogP contribution in [0.3, 0.4) is 0 Å². The van der Waals surface area contributed by atoms with Crippen LogP contribution in [0.15, 0.2) is 36.4 Å². The van der Waals surface area contributed by atoms with E-state index >= 15 is 0 Å². The van der Waals surface area contributed by atoms with E-state index in [1.165, 1.54) is 24.3 Å². The molecule has 3 aromatic carbocycles. The number of phenols is 6. The number of aromatic hydroxyl groups is 6. The molecule has 2 aliphatic rings. The zero-order chi connectivity index (χ0) is 24.3. The number of hydrogen-bond acceptors (Lipinski definition) is 10. The van der Waals surface area contributed by atoms with Crippen LogP contribution in [-0.2, 0) is 11.2 Å². The van der Waals surface area contributed by atoms with E-state index in [4.69, 9.17) is 9.47 Å². The van der Waals surface area contributed by atoms with Crippen LogP contribution in [0.5, 0.6) is 46.0 Å². The number of phenolic OH excluding ortho intramolecular Hbond substituents is 6. The Balaban J connectivity index is 1.67. The Morgan fingerprint density at radius 2 is 1.44 bits per heavy atom. The predicted octanol–water partition coefficient (Wildman–Crippen LogP) is 2.40. The monoisotopic (exact) mass is 468 g/mol. The average molecular weight is 468 g/mol. The van der Waals surface area contributed by atoms with E-state index < -0.39 is 41.3 Å². The number of aliphatic hydroxyl groups excluding tert-OH is 1. The zero-order valence-corrected chi connectivity index (χ0v) is 17.5. The molecule has 0 saturated heterocycles. The van der Waals surface area contributed by atoms with Gasteiger partial charge in [-0.05, 0) is 29.8 Å². The van der Waals surface area contributed by atoms with Crippen LogP contribution in [0.4, 0.5) is 0 Å². The van der Waals surface area contributed by atoms with Gasteiger partial charge < -0.3 is 45.2 Å². The Bertz CT molecular complexity index is 1310. The van der Waals surface area contributed by atoms with Crippen molar-refractivity contribution in [2.75, 3.05) is 0 Å². The number of aliphatic hydroxyl groups is 1. The third-order valence-corrected chi connectivity index (χ3v) is 6.13. The lowest BCUT2D eigenvalue weighted by atomic mass is 9.82. The number of rotatable bonds is 2. The van der Waals surface area contributed by atoms with E-state index in [1.54, 1.807) is 0 Å². The topological polar surface area (TPSA) is 177 Å². The largest absolute Gasteiger partial charge is 0.507 e. The summed E-state index contributed by atoms with van der Waals surface area (Å²) >= 11 is 0. The predicted molar refractivity (Wildman–Crippen MR) is 114 cm³/mol. The summed E-state index contributed by atoms with van der Waals surface area (Å²) in [5.74, 6) is -3.98. The molecule has 176 valence electrons. The molecule has 0 radical (unpaired) electrons. The molecule has 10 nitrogen and oxygen atoms in total. The lowest BCUT2D eigenvalue weighted by Crippen LogP contribution is -2.32. The summed E-state index contributed by atoms with van der Waals surface area (Å²) in [4.78, 5) is 12.3. The van der Waals surface area contributed by atoms with Crippen molar-refractivity contribution in [3.8, 4) is 46.0 Å². The Morgan fingerprint density at radius 3 is 2.12 bits per heavy atom. The summed E-state index contributed by atoms with van der Waals surface area (Å²) in [5.41, 5.74) is 1.30. The molecule has 2 aliphatic heterocycles. The summed E-state index contributed by atoms with van der Waals surface area (Å²) in [5, 5.41) is 70.4. The van der Waals surface area contributed by atoms with E-state index in [9.17, 15) is 40.5 Å². The molecule has 34 heavy (non-hydrogen) atoms. The van der Waals surface area contributed by atoms with Gasteiger partial charge in [-0.2, -0.15) is 0 Å². The van der Waals surface area contributed by atoms with Gasteiger partial charge in [0, 0.05) is 35.1 Å². The molecular formula is C24H20O10. The highest BCUT2D eigenvalue weighted by atomic mass is 16.5. The molecule has 7 N–H and O–H groups in total. The van der Waals surface area contributed by atoms with Gasteiger partial charge in [-0.1, -0.05) is 6.07 Å². The second-order valence-electron chi connectivity index (χ2n) is 8.31. The van der Waals surface area contributed by atoms with Gasteiger partial charge in [-0.15, -0.1) is 0 Å². The van der Waals surface area contributed by atoms with Crippen molar-refractivity contribution in [3.05, 3.63) is 58.7 Å². The van der Waals surface area contributed by atoms with Gasteiger partial charge in [0.1, 0.15) is 17.2 Å². The molecule has 0 saturated carbocycles. The van der Waals surface area contributed by atoms with Gasteiger partial charge in [0.15, 0.2) is 34.9 Å². The van der Waals surface area contributed by atoms with Crippen molar-refractivity contribution in [2.45, 2.75) is 31.0 Å². The van der Waals surface area contributed by atoms with E-state index in [1.807, 2.05) is 0 Å². The molecule has 3 atom stereocenters. The number of carbonyl (C=O) groups is 1. The van der Waals surface area contributed by atoms with Crippen molar-refractivity contribution >= 4 is 5.97 Å². The third-order valence-electron chi connectivity index (χ3n) is 6.13. The van der Waals surface area contributed by atoms with Crippen LogP contribution in [0.25, 0.3) is 0 Å². The maximum Gasteiger partial charge on any atom is 0.312 e. The standard InChI is InChI=1S/C24H20O10/c25-13-2-1-9(3-15(13)27)11-7-20(31)33-19-8-14(26)12-6-18(30)23(34-24(12)21(11)19)10-4-16(28)22(32)17(29)5-10/h1-5,8,11,18,23,25-30,32H,6-7H2/t11-,18+,23+/m0/s1. The summed E-state index contributed by atoms with van der Waals surface area (Å²) < 4.78 is 11.4. The van der Waals surface area contributed by atoms with Crippen molar-refractivity contribution < 1.29 is 50.0 Å². The second kappa shape index (κ2) is 7.63. The molecule has 10 heteroatoms. The first-order valence-corrected chi connectivity index (χ1v) is 10.3. The first-order chi connectivity index (χ1) is 16.1. The number of esters is 1. The van der Waals surface area contributed by atoms with E-state index in [0.29, 0.717) is 11.1 Å². The quantitative estimate of drug-likeness (QED) is 0.168. The van der Waals surface area contributed by atoms with Crippen molar-refractivity contribution in [1.29, 1.82) is 0 Å². The molecule has 3 aromatic rings. The van der Waals surface area contributed by atoms with Gasteiger partial charge in [0.2, 0.25) is 0 Å². The molecule has 0 aliphatic carbocycles. The van der Waals surface area contributed by atoms with Gasteiger partial charge in [0.05, 0.1) is 12.5 Å². The lowest BCUT2D eigenvalue weighted by molar-refractivity contribution is -0.135. The van der Waals surface area contributed by atoms with Gasteiger partial charge >= 0.3 is 5.97 Å². The normalized spacial score (nSPS) is 21.2. The number of benzene rings is 3. The number of hydrogen-bond donors (Lipinski definition) is 7. The Morgan fingerprint density at radius 1 is 0.765 bits per heavy atom. The first-order valence-electron chi connectivity index (χ1n) is 10.3. The summed E-state index contributed by atoms with van der Waals surface area (Å²) in [6, 6.07) is 7.66. The highest BCUT2D eigenvalue weighted by molar-refractivity contribution is 5.80. The highest BCUT2D eigenvalue weighted by Crippen LogP contribution is 2.53. The third kappa shape index (κ3) is 3.35. The van der Waals surface area contributed by atoms with Gasteiger partial charge in [-0.3, -0.25) is 4.79 Å². The smallest absolute Gasteiger partial charge is 0.312 e. The van der Waals surface area contributed by atoms with Crippen LogP contribution < -0.4 is 9.47 Å². The molecule has 0 fully saturated rings. The van der Waals surface area contributed by atoms with Crippen molar-refractivity contribution in [2.24, 2.45) is 0 Å². The minimum absolute atomic E-state index is 0.0385. The summed E-state index contributed by atoms with van der Waals surface area (Å²) in [6.07, 6.45) is -2.49. The molecule has 0 amide bonds. The fourth-order valence-corrected chi connectivity index (χ4v) is 4.50. The minimum Gasteiger partial charge on any atom is -0.507 e. The summed E-state index contributed by atoms with van der Waals surface area (Å²) in [7, 11) is 0. The van der Waals surface area contributed by atoms with E-state index in [2.05, 4.69) is 0 Å². The molecular weight excluding hydrogens is 448 g/mol. The van der Waals surface area contributed by atoms with E-state index in [-0.39, 0.29) is 52.7 Å². The molecule has 0 aromatic heterocycles. The highest BCUT2D eigenvalue weighted by Gasteiger charge is 2.40. The maximum absolute atomic E-state index is 12.3. The second-order valence-corrected chi connectivity index (χ2v) is 8.31. The molecule has 0 spiro atoms. The molecule has 2 heterocycles. The van der Waals surface area contributed by atoms with Crippen LogP contribution in [-0.4, -0.2) is 47.8 Å². The van der Waals surface area contributed by atoms with Crippen LogP contribution in [0.1, 0.15) is 40.7 Å². The van der Waals surface area contributed by atoms with Crippen molar-refractivity contribution in [3.63, 3.8) is 0 Å². The fourth-order valence-electron chi connectivity index (χ4n) is 4.50. The number of fused-ring (bicyclic) bond motifs is 3. The lowest BCUT2D eigenvalue weighted by Gasteiger charge is -2.36. The summed E-state index contributed by atoms with van der Waals surface area (Å²) in [6.45, 7) is 0. The maximum atomic E-state index is 12.3. The Hall–Kier alpha value is -4.31. The molecule has 0 unspecified atom stereocenters. The molecule has 0 bridgehead atoms. The van der Waals surface area contributed by atoms with Crippen molar-refractivity contribution in [1.82, 2.24) is 0 Å². The van der Waals surface area contributed by atoms with Crippen LogP contribution in [0.2, 0.25) is 0 Å². The minimum atomic E-state index is -1.19. The zero-order valence-electron chi connectivity index (χ0n) is 17.5.